The average molecular weight is 517 g/mol. The van der Waals surface area contributed by atoms with Gasteiger partial charge in [0.2, 0.25) is 11.9 Å². The highest BCUT2D eigenvalue weighted by atomic mass is 19.1. The van der Waals surface area contributed by atoms with E-state index in [1.165, 1.54) is 19.3 Å². The molecule has 5 rings (SSSR count). The van der Waals surface area contributed by atoms with E-state index in [2.05, 4.69) is 27.5 Å². The van der Waals surface area contributed by atoms with Crippen molar-refractivity contribution in [2.45, 2.75) is 89.8 Å². The van der Waals surface area contributed by atoms with Gasteiger partial charge in [-0.2, -0.15) is 4.98 Å². The van der Waals surface area contributed by atoms with Gasteiger partial charge in [-0.05, 0) is 70.6 Å². The molecule has 1 aromatic carbocycles. The Kier molecular flexibility index (Phi) is 7.04. The molecule has 2 aromatic heterocycles. The quantitative estimate of drug-likeness (QED) is 0.333. The Hall–Kier alpha value is -2.88. The molecular weight excluding hydrogens is 481 g/mol. The van der Waals surface area contributed by atoms with Gasteiger partial charge in [0.05, 0.1) is 11.8 Å². The van der Waals surface area contributed by atoms with Gasteiger partial charge in [0, 0.05) is 24.2 Å². The third-order valence-electron chi connectivity index (χ3n) is 8.20. The van der Waals surface area contributed by atoms with E-state index in [-0.39, 0.29) is 17.9 Å². The second kappa shape index (κ2) is 10.1. The lowest BCUT2D eigenvalue weighted by molar-refractivity contribution is 0.0186. The largest absolute Gasteiger partial charge is 0.390 e. The standard InChI is InChI=1S/C27H35F3N6O/c1-4-15-5-8-18(9-6-15)32-25-31-14-22-24(35-25)36(19-10-7-16(11-19)27(2,3)37)26(33-22)34-23-20(29)12-17(28)13-21(23)30/h12-16,18-19,37H,4-11H2,1-3H3,(H,33,34)(H,31,32,35)/t15?,16-,18?,19+/m1/s1. The minimum absolute atomic E-state index is 0.0512. The van der Waals surface area contributed by atoms with Crippen LogP contribution in [0.1, 0.15) is 78.2 Å². The van der Waals surface area contributed by atoms with Crippen molar-refractivity contribution in [1.29, 1.82) is 0 Å². The van der Waals surface area contributed by atoms with Crippen molar-refractivity contribution >= 4 is 28.7 Å². The average Bonchev–Trinajstić information content (AvgIpc) is 3.46. The zero-order valence-corrected chi connectivity index (χ0v) is 21.6. The molecular formula is C27H35F3N6O. The zero-order chi connectivity index (χ0) is 26.3. The number of fused-ring (bicyclic) bond motifs is 1. The summed E-state index contributed by atoms with van der Waals surface area (Å²) in [6.45, 7) is 5.83. The fourth-order valence-corrected chi connectivity index (χ4v) is 5.90. The number of imidazole rings is 1. The maximum Gasteiger partial charge on any atom is 0.224 e. The Labute approximate surface area is 214 Å². The van der Waals surface area contributed by atoms with Crippen molar-refractivity contribution in [3.63, 3.8) is 0 Å². The predicted octanol–water partition coefficient (Wildman–Crippen LogP) is 6.48. The number of benzene rings is 1. The van der Waals surface area contributed by atoms with E-state index in [9.17, 15) is 18.3 Å². The van der Waals surface area contributed by atoms with Crippen molar-refractivity contribution in [1.82, 2.24) is 19.5 Å². The molecule has 37 heavy (non-hydrogen) atoms. The van der Waals surface area contributed by atoms with Gasteiger partial charge in [0.25, 0.3) is 0 Å². The summed E-state index contributed by atoms with van der Waals surface area (Å²) in [5, 5.41) is 16.8. The highest BCUT2D eigenvalue weighted by Crippen LogP contribution is 2.43. The second-order valence-electron chi connectivity index (χ2n) is 11.2. The second-order valence-corrected chi connectivity index (χ2v) is 11.2. The molecule has 3 N–H and O–H groups in total. The van der Waals surface area contributed by atoms with E-state index in [0.717, 1.165) is 31.6 Å². The van der Waals surface area contributed by atoms with Crippen molar-refractivity contribution in [2.24, 2.45) is 11.8 Å². The van der Waals surface area contributed by atoms with E-state index in [1.807, 2.05) is 4.57 Å². The van der Waals surface area contributed by atoms with Crippen LogP contribution in [-0.2, 0) is 0 Å². The normalized spacial score (nSPS) is 24.5. The molecule has 0 unspecified atom stereocenters. The van der Waals surface area contributed by atoms with Crippen LogP contribution in [0.15, 0.2) is 18.3 Å². The lowest BCUT2D eigenvalue weighted by atomic mass is 9.85. The van der Waals surface area contributed by atoms with Gasteiger partial charge in [-0.3, -0.25) is 4.57 Å². The molecule has 2 fully saturated rings. The molecule has 0 spiro atoms. The molecule has 10 heteroatoms. The van der Waals surface area contributed by atoms with Crippen LogP contribution in [-0.4, -0.2) is 36.3 Å². The van der Waals surface area contributed by atoms with Crippen LogP contribution in [0.5, 0.6) is 0 Å². The van der Waals surface area contributed by atoms with Crippen molar-refractivity contribution < 1.29 is 18.3 Å². The van der Waals surface area contributed by atoms with Gasteiger partial charge in [-0.25, -0.2) is 23.1 Å². The molecule has 2 aliphatic carbocycles. The molecule has 2 atom stereocenters. The van der Waals surface area contributed by atoms with E-state index in [1.54, 1.807) is 20.0 Å². The van der Waals surface area contributed by atoms with E-state index in [4.69, 9.17) is 4.98 Å². The molecule has 7 nitrogen and oxygen atoms in total. The van der Waals surface area contributed by atoms with Gasteiger partial charge in [0.15, 0.2) is 17.3 Å². The van der Waals surface area contributed by atoms with Crippen LogP contribution in [0.4, 0.5) is 30.8 Å². The lowest BCUT2D eigenvalue weighted by Gasteiger charge is -2.28. The Morgan fingerprint density at radius 2 is 1.73 bits per heavy atom. The van der Waals surface area contributed by atoms with Crippen LogP contribution in [0.25, 0.3) is 11.2 Å². The minimum atomic E-state index is -1.05. The van der Waals surface area contributed by atoms with Gasteiger partial charge >= 0.3 is 0 Å². The first-order valence-corrected chi connectivity index (χ1v) is 13.3. The summed E-state index contributed by atoms with van der Waals surface area (Å²) in [6.07, 6.45) is 9.49. The number of halogens is 3. The molecule has 2 heterocycles. The molecule has 3 aromatic rings. The van der Waals surface area contributed by atoms with Crippen molar-refractivity contribution in [2.75, 3.05) is 10.6 Å². The number of nitrogens with one attached hydrogen (secondary N) is 2. The molecule has 0 amide bonds. The summed E-state index contributed by atoms with van der Waals surface area (Å²) in [6, 6.07) is 1.46. The third kappa shape index (κ3) is 5.39. The highest BCUT2D eigenvalue weighted by Gasteiger charge is 2.37. The van der Waals surface area contributed by atoms with Crippen molar-refractivity contribution in [3.8, 4) is 0 Å². The monoisotopic (exact) mass is 516 g/mol. The fraction of sp³-hybridized carbons (Fsp3) is 0.593. The Balaban J connectivity index is 1.50. The molecule has 0 aliphatic heterocycles. The summed E-state index contributed by atoms with van der Waals surface area (Å²) < 4.78 is 44.4. The Bertz CT molecular complexity index is 1240. The SMILES string of the molecule is CCC1CCC(Nc2ncc3nc(Nc4c(F)cc(F)cc4F)n([C@H]4CC[C@@H](C(C)(C)O)C4)c3n2)CC1. The smallest absolute Gasteiger partial charge is 0.224 e. The molecule has 0 bridgehead atoms. The van der Waals surface area contributed by atoms with Crippen molar-refractivity contribution in [3.05, 3.63) is 35.8 Å². The van der Waals surface area contributed by atoms with Gasteiger partial charge in [-0.1, -0.05) is 13.3 Å². The number of aliphatic hydroxyl groups is 1. The lowest BCUT2D eigenvalue weighted by Crippen LogP contribution is -2.29. The zero-order valence-electron chi connectivity index (χ0n) is 21.6. The first-order valence-electron chi connectivity index (χ1n) is 13.3. The number of rotatable bonds is 7. The van der Waals surface area contributed by atoms with Gasteiger partial charge in [-0.15, -0.1) is 0 Å². The first-order chi connectivity index (χ1) is 17.6. The van der Waals surface area contributed by atoms with Gasteiger partial charge in [0.1, 0.15) is 17.0 Å². The number of hydrogen-bond donors (Lipinski definition) is 3. The summed E-state index contributed by atoms with van der Waals surface area (Å²) in [4.78, 5) is 13.8. The van der Waals surface area contributed by atoms with Crippen LogP contribution in [0.3, 0.4) is 0 Å². The molecule has 0 radical (unpaired) electrons. The fourth-order valence-electron chi connectivity index (χ4n) is 5.90. The number of hydrogen-bond acceptors (Lipinski definition) is 6. The Morgan fingerprint density at radius 3 is 2.35 bits per heavy atom. The van der Waals surface area contributed by atoms with E-state index >= 15 is 0 Å². The highest BCUT2D eigenvalue weighted by molar-refractivity contribution is 5.76. The molecule has 2 saturated carbocycles. The minimum Gasteiger partial charge on any atom is -0.390 e. The first kappa shape index (κ1) is 25.8. The molecule has 2 aliphatic rings. The van der Waals surface area contributed by atoms with Crippen LogP contribution in [0.2, 0.25) is 0 Å². The summed E-state index contributed by atoms with van der Waals surface area (Å²) in [7, 11) is 0. The van der Waals surface area contributed by atoms with Gasteiger partial charge < -0.3 is 15.7 Å². The van der Waals surface area contributed by atoms with Crippen LogP contribution < -0.4 is 10.6 Å². The van der Waals surface area contributed by atoms with Crippen LogP contribution in [0, 0.1) is 29.3 Å². The summed E-state index contributed by atoms with van der Waals surface area (Å²) >= 11 is 0. The third-order valence-corrected chi connectivity index (χ3v) is 8.20. The molecule has 200 valence electrons. The van der Waals surface area contributed by atoms with E-state index in [0.29, 0.717) is 41.7 Å². The molecule has 0 saturated heterocycles. The maximum atomic E-state index is 14.5. The topological polar surface area (TPSA) is 87.9 Å². The Morgan fingerprint density at radius 1 is 1.03 bits per heavy atom. The number of aromatic nitrogens is 4. The summed E-state index contributed by atoms with van der Waals surface area (Å²) in [5.41, 5.74) is -0.301. The summed E-state index contributed by atoms with van der Waals surface area (Å²) in [5.74, 6) is -1.56. The van der Waals surface area contributed by atoms with Crippen LogP contribution >= 0.6 is 0 Å². The number of anilines is 3. The number of nitrogens with zero attached hydrogens (tertiary/aromatic N) is 4. The van der Waals surface area contributed by atoms with E-state index < -0.39 is 28.7 Å². The predicted molar refractivity (Wildman–Crippen MR) is 137 cm³/mol. The maximum absolute atomic E-state index is 14.5.